The minimum Gasteiger partial charge on any atom is -0.493 e. The lowest BCUT2D eigenvalue weighted by atomic mass is 9.96. The maximum atomic E-state index is 12.5. The monoisotopic (exact) mass is 393 g/mol. The molecular weight excluding hydrogens is 366 g/mol. The molecule has 0 aromatic heterocycles. The van der Waals surface area contributed by atoms with E-state index in [1.807, 2.05) is 29.2 Å². The fourth-order valence-electron chi connectivity index (χ4n) is 3.76. The van der Waals surface area contributed by atoms with Gasteiger partial charge in [0.15, 0.2) is 0 Å². The third kappa shape index (κ3) is 5.84. The molecule has 7 heteroatoms. The number of piperidine rings is 2. The summed E-state index contributed by atoms with van der Waals surface area (Å²) < 4.78 is 5.85. The summed E-state index contributed by atoms with van der Waals surface area (Å²) in [5, 5.41) is 0.708. The standard InChI is InChI=1S/C20H28ClN3O3/c21-17-1-3-18(4-2-17)27-14-15-5-9-23(10-6-15)13-19(25)24-11-7-16(8-12-24)20(22)26/h1-4,15-16H,5-14H2,(H2,22,26). The predicted octanol–water partition coefficient (Wildman–Crippen LogP) is 2.15. The van der Waals surface area contributed by atoms with Crippen molar-refractivity contribution in [3.8, 4) is 5.75 Å². The second-order valence-corrected chi connectivity index (χ2v) is 7.98. The van der Waals surface area contributed by atoms with Crippen LogP contribution in [0.1, 0.15) is 25.7 Å². The molecule has 0 bridgehead atoms. The van der Waals surface area contributed by atoms with Gasteiger partial charge in [-0.2, -0.15) is 0 Å². The van der Waals surface area contributed by atoms with Gasteiger partial charge in [-0.25, -0.2) is 0 Å². The highest BCUT2D eigenvalue weighted by Gasteiger charge is 2.28. The van der Waals surface area contributed by atoms with Crippen LogP contribution in [0.2, 0.25) is 5.02 Å². The van der Waals surface area contributed by atoms with E-state index < -0.39 is 0 Å². The highest BCUT2D eigenvalue weighted by Crippen LogP contribution is 2.22. The Bertz CT molecular complexity index is 636. The maximum absolute atomic E-state index is 12.5. The van der Waals surface area contributed by atoms with Crippen molar-refractivity contribution < 1.29 is 14.3 Å². The number of carbonyl (C=O) groups is 2. The van der Waals surface area contributed by atoms with E-state index in [4.69, 9.17) is 22.1 Å². The van der Waals surface area contributed by atoms with Gasteiger partial charge in [0.25, 0.3) is 0 Å². The number of ether oxygens (including phenoxy) is 1. The molecule has 2 fully saturated rings. The average Bonchev–Trinajstić information content (AvgIpc) is 2.68. The molecule has 1 aromatic rings. The zero-order valence-electron chi connectivity index (χ0n) is 15.6. The van der Waals surface area contributed by atoms with Crippen LogP contribution in [-0.4, -0.2) is 60.9 Å². The second kappa shape index (κ2) is 9.42. The third-order valence-corrected chi connectivity index (χ3v) is 5.87. The molecule has 0 atom stereocenters. The van der Waals surface area contributed by atoms with Gasteiger partial charge in [-0.1, -0.05) is 11.6 Å². The van der Waals surface area contributed by atoms with Crippen LogP contribution < -0.4 is 10.5 Å². The van der Waals surface area contributed by atoms with E-state index in [-0.39, 0.29) is 17.7 Å². The quantitative estimate of drug-likeness (QED) is 0.803. The van der Waals surface area contributed by atoms with Crippen LogP contribution in [0.5, 0.6) is 5.75 Å². The number of carbonyl (C=O) groups excluding carboxylic acids is 2. The molecule has 1 aromatic carbocycles. The van der Waals surface area contributed by atoms with E-state index in [0.29, 0.717) is 50.0 Å². The highest BCUT2D eigenvalue weighted by molar-refractivity contribution is 6.30. The van der Waals surface area contributed by atoms with E-state index in [2.05, 4.69) is 4.90 Å². The molecule has 2 amide bonds. The second-order valence-electron chi connectivity index (χ2n) is 7.54. The number of hydrogen-bond donors (Lipinski definition) is 1. The Hall–Kier alpha value is -1.79. The first-order valence-electron chi connectivity index (χ1n) is 9.69. The van der Waals surface area contributed by atoms with E-state index >= 15 is 0 Å². The zero-order valence-corrected chi connectivity index (χ0v) is 16.4. The molecule has 2 aliphatic heterocycles. The molecule has 0 unspecified atom stereocenters. The smallest absolute Gasteiger partial charge is 0.236 e. The Morgan fingerprint density at radius 1 is 1.04 bits per heavy atom. The average molecular weight is 394 g/mol. The number of rotatable bonds is 6. The molecule has 0 saturated carbocycles. The number of amides is 2. The summed E-state index contributed by atoms with van der Waals surface area (Å²) in [4.78, 5) is 27.8. The van der Waals surface area contributed by atoms with Gasteiger partial charge in [0.05, 0.1) is 13.2 Å². The molecule has 6 nitrogen and oxygen atoms in total. The van der Waals surface area contributed by atoms with E-state index in [0.717, 1.165) is 31.7 Å². The van der Waals surface area contributed by atoms with Crippen molar-refractivity contribution >= 4 is 23.4 Å². The molecular formula is C20H28ClN3O3. The molecule has 0 radical (unpaired) electrons. The van der Waals surface area contributed by atoms with Crippen LogP contribution >= 0.6 is 11.6 Å². The lowest BCUT2D eigenvalue weighted by molar-refractivity contribution is -0.136. The molecule has 27 heavy (non-hydrogen) atoms. The summed E-state index contributed by atoms with van der Waals surface area (Å²) in [5.41, 5.74) is 5.35. The lowest BCUT2D eigenvalue weighted by Gasteiger charge is -2.35. The number of halogens is 1. The Balaban J connectivity index is 1.35. The van der Waals surface area contributed by atoms with E-state index in [1.165, 1.54) is 0 Å². The minimum atomic E-state index is -0.245. The first kappa shape index (κ1) is 20.0. The Kier molecular flexibility index (Phi) is 6.96. The SMILES string of the molecule is NC(=O)C1CCN(C(=O)CN2CCC(COc3ccc(Cl)cc3)CC2)CC1. The molecule has 0 spiro atoms. The van der Waals surface area contributed by atoms with Gasteiger partial charge < -0.3 is 15.4 Å². The van der Waals surface area contributed by atoms with Gasteiger partial charge in [-0.15, -0.1) is 0 Å². The first-order chi connectivity index (χ1) is 13.0. The van der Waals surface area contributed by atoms with Gasteiger partial charge in [-0.3, -0.25) is 14.5 Å². The normalized spacial score (nSPS) is 19.8. The van der Waals surface area contributed by atoms with Gasteiger partial charge in [-0.05, 0) is 69.0 Å². The van der Waals surface area contributed by atoms with Crippen LogP contribution in [0.15, 0.2) is 24.3 Å². The van der Waals surface area contributed by atoms with Crippen LogP contribution in [0.25, 0.3) is 0 Å². The number of benzene rings is 1. The van der Waals surface area contributed by atoms with Crippen molar-refractivity contribution in [2.45, 2.75) is 25.7 Å². The van der Waals surface area contributed by atoms with Crippen LogP contribution in [-0.2, 0) is 9.59 Å². The summed E-state index contributed by atoms with van der Waals surface area (Å²) in [5.74, 6) is 1.19. The number of nitrogens with zero attached hydrogens (tertiary/aromatic N) is 2. The molecule has 2 heterocycles. The fraction of sp³-hybridized carbons (Fsp3) is 0.600. The fourth-order valence-corrected chi connectivity index (χ4v) is 3.89. The van der Waals surface area contributed by atoms with Gasteiger partial charge >= 0.3 is 0 Å². The zero-order chi connectivity index (χ0) is 19.2. The molecule has 0 aliphatic carbocycles. The molecule has 2 saturated heterocycles. The number of hydrogen-bond acceptors (Lipinski definition) is 4. The third-order valence-electron chi connectivity index (χ3n) is 5.62. The number of nitrogens with two attached hydrogens (primary N) is 1. The van der Waals surface area contributed by atoms with Gasteiger partial charge in [0.2, 0.25) is 11.8 Å². The van der Waals surface area contributed by atoms with Gasteiger partial charge in [0, 0.05) is 24.0 Å². The Morgan fingerprint density at radius 2 is 1.67 bits per heavy atom. The largest absolute Gasteiger partial charge is 0.493 e. The number of likely N-dealkylation sites (tertiary alicyclic amines) is 2. The minimum absolute atomic E-state index is 0.0783. The van der Waals surface area contributed by atoms with Crippen molar-refractivity contribution in [3.63, 3.8) is 0 Å². The summed E-state index contributed by atoms with van der Waals surface area (Å²) in [6.45, 7) is 4.27. The Morgan fingerprint density at radius 3 is 2.26 bits per heavy atom. The Labute approximate surface area is 165 Å². The number of primary amides is 1. The van der Waals surface area contributed by atoms with Crippen LogP contribution in [0, 0.1) is 11.8 Å². The van der Waals surface area contributed by atoms with Crippen molar-refractivity contribution in [1.29, 1.82) is 0 Å². The first-order valence-corrected chi connectivity index (χ1v) is 10.1. The topological polar surface area (TPSA) is 75.9 Å². The van der Waals surface area contributed by atoms with Crippen molar-refractivity contribution in [2.75, 3.05) is 39.3 Å². The summed E-state index contributed by atoms with van der Waals surface area (Å²) >= 11 is 5.88. The lowest BCUT2D eigenvalue weighted by Crippen LogP contribution is -2.47. The van der Waals surface area contributed by atoms with Crippen molar-refractivity contribution in [1.82, 2.24) is 9.80 Å². The van der Waals surface area contributed by atoms with E-state index in [9.17, 15) is 9.59 Å². The molecule has 3 rings (SSSR count). The highest BCUT2D eigenvalue weighted by atomic mass is 35.5. The van der Waals surface area contributed by atoms with Crippen molar-refractivity contribution in [2.24, 2.45) is 17.6 Å². The van der Waals surface area contributed by atoms with Crippen LogP contribution in [0.4, 0.5) is 0 Å². The molecule has 148 valence electrons. The van der Waals surface area contributed by atoms with Crippen molar-refractivity contribution in [3.05, 3.63) is 29.3 Å². The van der Waals surface area contributed by atoms with Crippen LogP contribution in [0.3, 0.4) is 0 Å². The summed E-state index contributed by atoms with van der Waals surface area (Å²) in [7, 11) is 0. The predicted molar refractivity (Wildman–Crippen MR) is 105 cm³/mol. The van der Waals surface area contributed by atoms with E-state index in [1.54, 1.807) is 0 Å². The maximum Gasteiger partial charge on any atom is 0.236 e. The van der Waals surface area contributed by atoms with Gasteiger partial charge in [0.1, 0.15) is 5.75 Å². The molecule has 2 aliphatic rings. The summed E-state index contributed by atoms with van der Waals surface area (Å²) in [6.07, 6.45) is 3.44. The molecule has 2 N–H and O–H groups in total. The summed E-state index contributed by atoms with van der Waals surface area (Å²) in [6, 6.07) is 7.43.